The normalized spacial score (nSPS) is 15.8. The molecule has 1 heterocycles. The number of hydrogen-bond donors (Lipinski definition) is 1. The van der Waals surface area contributed by atoms with Crippen LogP contribution in [0.5, 0.6) is 5.75 Å². The van der Waals surface area contributed by atoms with Crippen molar-refractivity contribution in [3.63, 3.8) is 0 Å². The predicted octanol–water partition coefficient (Wildman–Crippen LogP) is 5.16. The van der Waals surface area contributed by atoms with Crippen molar-refractivity contribution in [1.82, 2.24) is 0 Å². The number of nitrogens with zero attached hydrogens (tertiary/aromatic N) is 1. The van der Waals surface area contributed by atoms with Crippen LogP contribution in [0.15, 0.2) is 36.4 Å². The van der Waals surface area contributed by atoms with Gasteiger partial charge >= 0.3 is 0 Å². The van der Waals surface area contributed by atoms with Crippen LogP contribution in [0.1, 0.15) is 39.7 Å². The number of nitrogens with one attached hydrogen (secondary N) is 1. The first-order valence-electron chi connectivity index (χ1n) is 9.03. The summed E-state index contributed by atoms with van der Waals surface area (Å²) in [5.41, 5.74) is 2.20. The molecule has 4 rings (SSSR count). The molecule has 2 aromatic carbocycles. The number of carbonyl (C=O) groups excluding carboxylic acids is 1. The maximum absolute atomic E-state index is 13.0. The number of nitriles is 1. The van der Waals surface area contributed by atoms with Crippen LogP contribution in [0.25, 0.3) is 10.8 Å². The van der Waals surface area contributed by atoms with Crippen molar-refractivity contribution in [2.45, 2.75) is 26.2 Å². The molecule has 1 amide bonds. The average Bonchev–Trinajstić information content (AvgIpc) is 3.02. The molecule has 0 spiro atoms. The second-order valence-corrected chi connectivity index (χ2v) is 8.13. The molecule has 4 nitrogen and oxygen atoms in total. The summed E-state index contributed by atoms with van der Waals surface area (Å²) in [5, 5.41) is 15.2. The van der Waals surface area contributed by atoms with Crippen LogP contribution in [-0.4, -0.2) is 13.0 Å². The Labute approximate surface area is 162 Å². The van der Waals surface area contributed by atoms with E-state index in [2.05, 4.69) is 18.3 Å². The fraction of sp³-hybridized carbons (Fsp3) is 0.273. The fourth-order valence-corrected chi connectivity index (χ4v) is 5.05. The van der Waals surface area contributed by atoms with Crippen LogP contribution in [0.2, 0.25) is 0 Å². The molecule has 0 fully saturated rings. The highest BCUT2D eigenvalue weighted by Gasteiger charge is 2.25. The van der Waals surface area contributed by atoms with Crippen LogP contribution in [0.3, 0.4) is 0 Å². The highest BCUT2D eigenvalue weighted by Crippen LogP contribution is 2.39. The minimum absolute atomic E-state index is 0.249. The monoisotopic (exact) mass is 376 g/mol. The van der Waals surface area contributed by atoms with Gasteiger partial charge in [-0.25, -0.2) is 0 Å². The van der Waals surface area contributed by atoms with E-state index in [1.54, 1.807) is 7.11 Å². The van der Waals surface area contributed by atoms with Crippen LogP contribution in [-0.2, 0) is 12.8 Å². The van der Waals surface area contributed by atoms with E-state index in [1.807, 2.05) is 36.4 Å². The zero-order valence-electron chi connectivity index (χ0n) is 15.3. The molecular weight excluding hydrogens is 356 g/mol. The maximum atomic E-state index is 13.0. The topological polar surface area (TPSA) is 62.1 Å². The summed E-state index contributed by atoms with van der Waals surface area (Å²) in [5.74, 6) is 0.896. The SMILES string of the molecule is COc1cc2ccccc2cc1C(=O)Nc1sc2c(c1C#N)CC[C@@H](C)C2. The van der Waals surface area contributed by atoms with E-state index in [9.17, 15) is 10.1 Å². The first-order chi connectivity index (χ1) is 13.1. The van der Waals surface area contributed by atoms with Crippen LogP contribution < -0.4 is 10.1 Å². The molecule has 5 heteroatoms. The molecule has 0 saturated heterocycles. The molecular formula is C22H20N2O2S. The quantitative estimate of drug-likeness (QED) is 0.687. The van der Waals surface area contributed by atoms with E-state index in [4.69, 9.17) is 4.74 Å². The Morgan fingerprint density at radius 3 is 2.74 bits per heavy atom. The van der Waals surface area contributed by atoms with Gasteiger partial charge in [0.05, 0.1) is 18.2 Å². The number of ether oxygens (including phenoxy) is 1. The van der Waals surface area contributed by atoms with Gasteiger partial charge in [0.1, 0.15) is 16.8 Å². The molecule has 136 valence electrons. The summed E-state index contributed by atoms with van der Waals surface area (Å²) in [6, 6.07) is 13.9. The number of rotatable bonds is 3. The van der Waals surface area contributed by atoms with E-state index in [0.29, 0.717) is 27.8 Å². The van der Waals surface area contributed by atoms with Gasteiger partial charge in [0.25, 0.3) is 5.91 Å². The lowest BCUT2D eigenvalue weighted by atomic mass is 9.88. The van der Waals surface area contributed by atoms with E-state index in [-0.39, 0.29) is 5.91 Å². The molecule has 1 atom stereocenters. The molecule has 0 aliphatic heterocycles. The fourth-order valence-electron chi connectivity index (χ4n) is 3.69. The van der Waals surface area contributed by atoms with Crippen molar-refractivity contribution in [2.24, 2.45) is 5.92 Å². The summed E-state index contributed by atoms with van der Waals surface area (Å²) in [6.07, 6.45) is 2.97. The second kappa shape index (κ2) is 7.05. The summed E-state index contributed by atoms with van der Waals surface area (Å²) in [6.45, 7) is 2.23. The van der Waals surface area contributed by atoms with Crippen molar-refractivity contribution in [3.05, 3.63) is 58.0 Å². The Hall–Kier alpha value is -2.84. The molecule has 0 unspecified atom stereocenters. The van der Waals surface area contributed by atoms with E-state index >= 15 is 0 Å². The van der Waals surface area contributed by atoms with Crippen molar-refractivity contribution in [3.8, 4) is 11.8 Å². The third-order valence-corrected chi connectivity index (χ3v) is 6.33. The molecule has 27 heavy (non-hydrogen) atoms. The van der Waals surface area contributed by atoms with Crippen LogP contribution in [0, 0.1) is 17.2 Å². The van der Waals surface area contributed by atoms with Crippen molar-refractivity contribution in [2.75, 3.05) is 12.4 Å². The highest BCUT2D eigenvalue weighted by atomic mass is 32.1. The number of thiophene rings is 1. The summed E-state index contributed by atoms with van der Waals surface area (Å²) < 4.78 is 5.44. The number of benzene rings is 2. The van der Waals surface area contributed by atoms with Crippen LogP contribution >= 0.6 is 11.3 Å². The first-order valence-corrected chi connectivity index (χ1v) is 9.85. The van der Waals surface area contributed by atoms with E-state index < -0.39 is 0 Å². The third-order valence-electron chi connectivity index (χ3n) is 5.16. The Kier molecular flexibility index (Phi) is 4.59. The number of methoxy groups -OCH3 is 1. The number of anilines is 1. The average molecular weight is 376 g/mol. The molecule has 0 radical (unpaired) electrons. The van der Waals surface area contributed by atoms with Gasteiger partial charge in [-0.2, -0.15) is 5.26 Å². The number of hydrogen-bond acceptors (Lipinski definition) is 4. The smallest absolute Gasteiger partial charge is 0.260 e. The molecule has 1 aliphatic rings. The Balaban J connectivity index is 1.71. The third kappa shape index (κ3) is 3.17. The van der Waals surface area contributed by atoms with Crippen molar-refractivity contribution < 1.29 is 9.53 Å². The van der Waals surface area contributed by atoms with Gasteiger partial charge in [0, 0.05) is 4.88 Å². The van der Waals surface area contributed by atoms with Crippen molar-refractivity contribution in [1.29, 1.82) is 5.26 Å². The Bertz CT molecular complexity index is 1080. The number of carbonyl (C=O) groups is 1. The highest BCUT2D eigenvalue weighted by molar-refractivity contribution is 7.16. The molecule has 3 aromatic rings. The number of fused-ring (bicyclic) bond motifs is 2. The zero-order valence-corrected chi connectivity index (χ0v) is 16.2. The maximum Gasteiger partial charge on any atom is 0.260 e. The van der Waals surface area contributed by atoms with Gasteiger partial charge < -0.3 is 10.1 Å². The lowest BCUT2D eigenvalue weighted by Crippen LogP contribution is -2.13. The zero-order chi connectivity index (χ0) is 19.0. The molecule has 1 aliphatic carbocycles. The van der Waals surface area contributed by atoms with Gasteiger partial charge in [0.15, 0.2) is 0 Å². The largest absolute Gasteiger partial charge is 0.496 e. The minimum Gasteiger partial charge on any atom is -0.496 e. The van der Waals surface area contributed by atoms with Gasteiger partial charge in [-0.15, -0.1) is 11.3 Å². The van der Waals surface area contributed by atoms with Gasteiger partial charge in [0.2, 0.25) is 0 Å². The van der Waals surface area contributed by atoms with Crippen LogP contribution in [0.4, 0.5) is 5.00 Å². The lowest BCUT2D eigenvalue weighted by Gasteiger charge is -2.17. The predicted molar refractivity (Wildman–Crippen MR) is 109 cm³/mol. The molecule has 0 bridgehead atoms. The first kappa shape index (κ1) is 17.6. The Morgan fingerprint density at radius 1 is 1.30 bits per heavy atom. The van der Waals surface area contributed by atoms with Crippen molar-refractivity contribution >= 4 is 33.0 Å². The van der Waals surface area contributed by atoms with E-state index in [0.717, 1.165) is 35.6 Å². The standard InChI is InChI=1S/C22H20N2O2S/c1-13-7-8-16-18(12-23)22(27-20(16)9-13)24-21(25)17-10-14-5-3-4-6-15(14)11-19(17)26-2/h3-6,10-11,13H,7-9H2,1-2H3,(H,24,25)/t13-/m1/s1. The summed E-state index contributed by atoms with van der Waals surface area (Å²) in [4.78, 5) is 14.2. The van der Waals surface area contributed by atoms with Gasteiger partial charge in [-0.1, -0.05) is 31.2 Å². The molecule has 1 N–H and O–H groups in total. The molecule has 0 saturated carbocycles. The minimum atomic E-state index is -0.249. The number of amides is 1. The Morgan fingerprint density at radius 2 is 2.04 bits per heavy atom. The second-order valence-electron chi connectivity index (χ2n) is 7.02. The lowest BCUT2D eigenvalue weighted by molar-refractivity contribution is 0.102. The van der Waals surface area contributed by atoms with E-state index in [1.165, 1.54) is 16.2 Å². The summed E-state index contributed by atoms with van der Waals surface area (Å²) in [7, 11) is 1.56. The summed E-state index contributed by atoms with van der Waals surface area (Å²) >= 11 is 1.54. The van der Waals surface area contributed by atoms with Gasteiger partial charge in [-0.3, -0.25) is 4.79 Å². The molecule has 1 aromatic heterocycles. The van der Waals surface area contributed by atoms with Gasteiger partial charge in [-0.05, 0) is 53.6 Å².